The maximum atomic E-state index is 12.9. The van der Waals surface area contributed by atoms with E-state index in [-0.39, 0.29) is 18.4 Å². The van der Waals surface area contributed by atoms with Crippen molar-refractivity contribution in [2.75, 3.05) is 13.1 Å². The molecular formula is C22H29N5O3. The first-order valence-corrected chi connectivity index (χ1v) is 10.8. The van der Waals surface area contributed by atoms with Crippen molar-refractivity contribution in [1.82, 2.24) is 25.5 Å². The molecule has 3 N–H and O–H groups in total. The Morgan fingerprint density at radius 3 is 2.77 bits per heavy atom. The van der Waals surface area contributed by atoms with Crippen molar-refractivity contribution in [2.45, 2.75) is 57.4 Å². The molecule has 2 aromatic rings. The van der Waals surface area contributed by atoms with Crippen LogP contribution < -0.4 is 10.6 Å². The third kappa shape index (κ3) is 4.04. The zero-order chi connectivity index (χ0) is 21.1. The topological polar surface area (TPSA) is 107 Å². The third-order valence-corrected chi connectivity index (χ3v) is 6.43. The highest BCUT2D eigenvalue weighted by Gasteiger charge is 2.52. The number of benzene rings is 1. The maximum absolute atomic E-state index is 12.9. The van der Waals surface area contributed by atoms with Crippen molar-refractivity contribution >= 4 is 28.9 Å². The second-order valence-corrected chi connectivity index (χ2v) is 8.41. The lowest BCUT2D eigenvalue weighted by molar-refractivity contribution is -0.136. The number of carbonyl (C=O) groups is 3. The number of para-hydroxylation sites is 2. The molecule has 1 saturated carbocycles. The van der Waals surface area contributed by atoms with Crippen LogP contribution in [0.3, 0.4) is 0 Å². The Balaban J connectivity index is 1.23. The largest absolute Gasteiger partial charge is 0.355 e. The minimum Gasteiger partial charge on any atom is -0.355 e. The summed E-state index contributed by atoms with van der Waals surface area (Å²) in [7, 11) is 0. The number of nitrogens with zero attached hydrogens (tertiary/aromatic N) is 2. The van der Waals surface area contributed by atoms with Crippen molar-refractivity contribution in [1.29, 1.82) is 0 Å². The Morgan fingerprint density at radius 1 is 1.27 bits per heavy atom. The van der Waals surface area contributed by atoms with Crippen LogP contribution >= 0.6 is 0 Å². The van der Waals surface area contributed by atoms with E-state index in [1.807, 2.05) is 24.3 Å². The van der Waals surface area contributed by atoms with E-state index in [0.717, 1.165) is 41.0 Å². The molecule has 4 rings (SSSR count). The molecule has 160 valence electrons. The van der Waals surface area contributed by atoms with E-state index in [4.69, 9.17) is 0 Å². The van der Waals surface area contributed by atoms with E-state index >= 15 is 0 Å². The van der Waals surface area contributed by atoms with Gasteiger partial charge in [0.05, 0.1) is 11.0 Å². The summed E-state index contributed by atoms with van der Waals surface area (Å²) in [6.45, 7) is 2.39. The number of urea groups is 1. The molecule has 4 amide bonds. The summed E-state index contributed by atoms with van der Waals surface area (Å²) < 4.78 is 0. The van der Waals surface area contributed by atoms with Gasteiger partial charge in [-0.05, 0) is 50.2 Å². The van der Waals surface area contributed by atoms with Gasteiger partial charge in [-0.25, -0.2) is 9.78 Å². The fourth-order valence-electron chi connectivity index (χ4n) is 4.54. The van der Waals surface area contributed by atoms with E-state index in [0.29, 0.717) is 38.1 Å². The molecule has 2 aliphatic rings. The molecule has 8 heteroatoms. The monoisotopic (exact) mass is 411 g/mol. The second kappa shape index (κ2) is 8.45. The number of rotatable bonds is 7. The zero-order valence-electron chi connectivity index (χ0n) is 17.4. The van der Waals surface area contributed by atoms with Crippen LogP contribution in [-0.2, 0) is 16.0 Å². The minimum absolute atomic E-state index is 0.228. The first-order chi connectivity index (χ1) is 14.5. The Kier molecular flexibility index (Phi) is 5.74. The number of H-pyrrole nitrogens is 1. The number of aromatic nitrogens is 2. The average Bonchev–Trinajstić information content (AvgIpc) is 3.26. The van der Waals surface area contributed by atoms with Gasteiger partial charge in [-0.1, -0.05) is 25.5 Å². The minimum atomic E-state index is -0.801. The van der Waals surface area contributed by atoms with E-state index in [1.165, 1.54) is 0 Å². The summed E-state index contributed by atoms with van der Waals surface area (Å²) >= 11 is 0. The summed E-state index contributed by atoms with van der Waals surface area (Å²) in [6, 6.07) is 7.39. The molecule has 1 spiro atoms. The Morgan fingerprint density at radius 2 is 2.03 bits per heavy atom. The zero-order valence-corrected chi connectivity index (χ0v) is 17.4. The fourth-order valence-corrected chi connectivity index (χ4v) is 4.54. The fraction of sp³-hybridized carbons (Fsp3) is 0.545. The molecule has 0 bridgehead atoms. The quantitative estimate of drug-likeness (QED) is 0.481. The highest BCUT2D eigenvalue weighted by atomic mass is 16.2. The van der Waals surface area contributed by atoms with Crippen molar-refractivity contribution in [3.63, 3.8) is 0 Å². The van der Waals surface area contributed by atoms with Crippen LogP contribution in [0.25, 0.3) is 11.0 Å². The van der Waals surface area contributed by atoms with Gasteiger partial charge in [-0.2, -0.15) is 0 Å². The lowest BCUT2D eigenvalue weighted by atomic mass is 9.75. The number of aryl methyl sites for hydroxylation is 1. The van der Waals surface area contributed by atoms with Crippen LogP contribution in [0, 0.1) is 5.92 Å². The predicted molar refractivity (Wildman–Crippen MR) is 113 cm³/mol. The van der Waals surface area contributed by atoms with Gasteiger partial charge in [-0.15, -0.1) is 0 Å². The summed E-state index contributed by atoms with van der Waals surface area (Å²) in [4.78, 5) is 46.4. The predicted octanol–water partition coefficient (Wildman–Crippen LogP) is 2.50. The molecule has 1 aliphatic carbocycles. The molecule has 1 aliphatic heterocycles. The molecule has 1 aromatic carbocycles. The van der Waals surface area contributed by atoms with Crippen LogP contribution in [0.5, 0.6) is 0 Å². The molecule has 8 nitrogen and oxygen atoms in total. The first-order valence-electron chi connectivity index (χ1n) is 10.8. The normalized spacial score (nSPS) is 23.9. The van der Waals surface area contributed by atoms with Crippen LogP contribution in [0.1, 0.15) is 51.3 Å². The Bertz CT molecular complexity index is 912. The van der Waals surface area contributed by atoms with Crippen LogP contribution in [0.4, 0.5) is 4.79 Å². The maximum Gasteiger partial charge on any atom is 0.325 e. The van der Waals surface area contributed by atoms with Crippen LogP contribution in [-0.4, -0.2) is 51.3 Å². The van der Waals surface area contributed by atoms with Gasteiger partial charge < -0.3 is 15.6 Å². The Hall–Kier alpha value is -2.90. The summed E-state index contributed by atoms with van der Waals surface area (Å²) in [5.74, 6) is 0.926. The first kappa shape index (κ1) is 20.4. The summed E-state index contributed by atoms with van der Waals surface area (Å²) in [5, 5.41) is 5.67. The standard InChI is InChI=1S/C22H29N5O3/c1-2-15-9-11-22(12-10-15)20(29)27(21(30)26-22)14-19(28)23-13-5-8-18-24-16-6-3-4-7-17(16)25-18/h3-4,6-7,15H,2,5,8-14H2,1H3,(H,23,28)(H,24,25)(H,26,30). The molecule has 2 fully saturated rings. The van der Waals surface area contributed by atoms with Crippen molar-refractivity contribution in [3.05, 3.63) is 30.1 Å². The SMILES string of the molecule is CCC1CCC2(CC1)NC(=O)N(CC(=O)NCCCc1nc3ccccc3[nH]1)C2=O. The number of amides is 4. The third-order valence-electron chi connectivity index (χ3n) is 6.43. The number of imidazole rings is 1. The molecule has 0 unspecified atom stereocenters. The number of fused-ring (bicyclic) bond motifs is 1. The molecule has 1 aromatic heterocycles. The van der Waals surface area contributed by atoms with Gasteiger partial charge in [0, 0.05) is 13.0 Å². The summed E-state index contributed by atoms with van der Waals surface area (Å²) in [6.07, 6.45) is 5.71. The van der Waals surface area contributed by atoms with Gasteiger partial charge in [0.25, 0.3) is 5.91 Å². The lowest BCUT2D eigenvalue weighted by Crippen LogP contribution is -2.50. The van der Waals surface area contributed by atoms with E-state index in [9.17, 15) is 14.4 Å². The Labute approximate surface area is 175 Å². The van der Waals surface area contributed by atoms with Gasteiger partial charge in [0.15, 0.2) is 0 Å². The molecular weight excluding hydrogens is 382 g/mol. The highest BCUT2D eigenvalue weighted by Crippen LogP contribution is 2.37. The average molecular weight is 412 g/mol. The smallest absolute Gasteiger partial charge is 0.325 e. The second-order valence-electron chi connectivity index (χ2n) is 8.41. The number of aromatic amines is 1. The van der Waals surface area contributed by atoms with Crippen LogP contribution in [0.15, 0.2) is 24.3 Å². The van der Waals surface area contributed by atoms with Gasteiger partial charge in [0.1, 0.15) is 17.9 Å². The number of hydrogen-bond acceptors (Lipinski definition) is 4. The van der Waals surface area contributed by atoms with Gasteiger partial charge in [-0.3, -0.25) is 14.5 Å². The molecule has 1 saturated heterocycles. The number of hydrogen-bond donors (Lipinski definition) is 3. The number of carbonyl (C=O) groups excluding carboxylic acids is 3. The van der Waals surface area contributed by atoms with E-state index in [1.54, 1.807) is 0 Å². The lowest BCUT2D eigenvalue weighted by Gasteiger charge is -2.34. The van der Waals surface area contributed by atoms with Crippen LogP contribution in [0.2, 0.25) is 0 Å². The van der Waals surface area contributed by atoms with Crippen molar-refractivity contribution < 1.29 is 14.4 Å². The molecule has 30 heavy (non-hydrogen) atoms. The molecule has 0 radical (unpaired) electrons. The van der Waals surface area contributed by atoms with E-state index in [2.05, 4.69) is 27.5 Å². The van der Waals surface area contributed by atoms with Crippen molar-refractivity contribution in [2.24, 2.45) is 5.92 Å². The van der Waals surface area contributed by atoms with Gasteiger partial charge >= 0.3 is 6.03 Å². The van der Waals surface area contributed by atoms with E-state index < -0.39 is 11.6 Å². The van der Waals surface area contributed by atoms with Crippen molar-refractivity contribution in [3.8, 4) is 0 Å². The highest BCUT2D eigenvalue weighted by molar-refractivity contribution is 6.09. The van der Waals surface area contributed by atoms with Gasteiger partial charge in [0.2, 0.25) is 5.91 Å². The molecule has 0 atom stereocenters. The number of nitrogens with one attached hydrogen (secondary N) is 3. The molecule has 2 heterocycles. The summed E-state index contributed by atoms with van der Waals surface area (Å²) in [5.41, 5.74) is 1.12. The number of imide groups is 1.